The Labute approximate surface area is 426 Å². The standard InChI is InChI=1S/C71H46N2/c1-5-22-47(23-6-1)51-40-52(48-24-7-2-8-25-48)43-55(42-51)67-46-68(56-44-53(49-26-9-3-10-27-49)41-54(45-56)50-28-11-4-12-29-50)73-70(72-67)62-35-21-39-66-69(62)61-34-17-20-38-65(61)71(66)63-36-18-15-32-59(63)57-30-13-14-31-58(57)60-33-16-19-37-64(60)71/h1-46H. The molecule has 14 rings (SSSR count). The van der Waals surface area contributed by atoms with Gasteiger partial charge in [0.15, 0.2) is 5.82 Å². The van der Waals surface area contributed by atoms with Gasteiger partial charge in [-0.25, -0.2) is 9.97 Å². The normalized spacial score (nSPS) is 12.5. The molecule has 0 saturated carbocycles. The first kappa shape index (κ1) is 42.4. The van der Waals surface area contributed by atoms with Crippen molar-refractivity contribution in [3.63, 3.8) is 0 Å². The van der Waals surface area contributed by atoms with Gasteiger partial charge in [0.05, 0.1) is 16.8 Å². The number of aromatic nitrogens is 2. The van der Waals surface area contributed by atoms with Crippen molar-refractivity contribution in [2.45, 2.75) is 5.41 Å². The molecule has 1 heterocycles. The van der Waals surface area contributed by atoms with Crippen LogP contribution in [0.4, 0.5) is 0 Å². The van der Waals surface area contributed by atoms with Crippen LogP contribution in [0.5, 0.6) is 0 Å². The minimum atomic E-state index is -0.641. The van der Waals surface area contributed by atoms with E-state index in [1.807, 2.05) is 0 Å². The quantitative estimate of drug-likeness (QED) is 0.159. The second kappa shape index (κ2) is 17.4. The number of fused-ring (bicyclic) bond motifs is 12. The molecule has 12 aromatic rings. The van der Waals surface area contributed by atoms with E-state index in [2.05, 4.69) is 279 Å². The predicted octanol–water partition coefficient (Wildman–Crippen LogP) is 18.2. The van der Waals surface area contributed by atoms with Crippen LogP contribution in [0.3, 0.4) is 0 Å². The van der Waals surface area contributed by atoms with Gasteiger partial charge in [-0.05, 0) is 143 Å². The lowest BCUT2D eigenvalue weighted by Crippen LogP contribution is -2.29. The smallest absolute Gasteiger partial charge is 0.161 e. The zero-order valence-corrected chi connectivity index (χ0v) is 40.0. The van der Waals surface area contributed by atoms with E-state index in [1.54, 1.807) is 0 Å². The molecule has 0 amide bonds. The minimum absolute atomic E-state index is 0.641. The average molecular weight is 927 g/mol. The van der Waals surface area contributed by atoms with Crippen LogP contribution in [0.1, 0.15) is 22.3 Å². The van der Waals surface area contributed by atoms with Gasteiger partial charge >= 0.3 is 0 Å². The number of nitrogens with zero attached hydrogens (tertiary/aromatic N) is 2. The fourth-order valence-corrected chi connectivity index (χ4v) is 11.9. The van der Waals surface area contributed by atoms with Crippen molar-refractivity contribution in [2.75, 3.05) is 0 Å². The maximum absolute atomic E-state index is 5.74. The third-order valence-electron chi connectivity index (χ3n) is 15.1. The van der Waals surface area contributed by atoms with Crippen LogP contribution < -0.4 is 0 Å². The monoisotopic (exact) mass is 926 g/mol. The Bertz CT molecular complexity index is 3740. The van der Waals surface area contributed by atoms with Crippen LogP contribution in [0.25, 0.3) is 112 Å². The van der Waals surface area contributed by atoms with Crippen molar-refractivity contribution in [1.82, 2.24) is 9.97 Å². The molecule has 1 spiro atoms. The molecular formula is C71H46N2. The number of benzene rings is 11. The second-order valence-electron chi connectivity index (χ2n) is 19.2. The number of hydrogen-bond acceptors (Lipinski definition) is 2. The summed E-state index contributed by atoms with van der Waals surface area (Å²) >= 11 is 0. The summed E-state index contributed by atoms with van der Waals surface area (Å²) in [4.78, 5) is 11.5. The summed E-state index contributed by atoms with van der Waals surface area (Å²) in [6.45, 7) is 0. The van der Waals surface area contributed by atoms with E-state index in [9.17, 15) is 0 Å². The first-order chi connectivity index (χ1) is 36.2. The molecule has 0 aliphatic heterocycles. The Kier molecular flexibility index (Phi) is 10.1. The van der Waals surface area contributed by atoms with Crippen LogP contribution >= 0.6 is 0 Å². The highest BCUT2D eigenvalue weighted by atomic mass is 14.9. The van der Waals surface area contributed by atoms with Gasteiger partial charge in [0, 0.05) is 16.7 Å². The average Bonchev–Trinajstić information content (AvgIpc) is 3.80. The van der Waals surface area contributed by atoms with E-state index in [1.165, 1.54) is 50.1 Å². The molecule has 73 heavy (non-hydrogen) atoms. The minimum Gasteiger partial charge on any atom is -0.228 e. The highest BCUT2D eigenvalue weighted by Crippen LogP contribution is 2.62. The lowest BCUT2D eigenvalue weighted by molar-refractivity contribution is 0.775. The van der Waals surface area contributed by atoms with Gasteiger partial charge in [-0.1, -0.05) is 237 Å². The summed E-state index contributed by atoms with van der Waals surface area (Å²) in [6.07, 6.45) is 0. The molecular weight excluding hydrogens is 881 g/mol. The molecule has 0 bridgehead atoms. The Morgan fingerprint density at radius 1 is 0.205 bits per heavy atom. The Morgan fingerprint density at radius 3 is 0.918 bits per heavy atom. The molecule has 2 nitrogen and oxygen atoms in total. The van der Waals surface area contributed by atoms with Crippen molar-refractivity contribution < 1.29 is 0 Å². The van der Waals surface area contributed by atoms with Gasteiger partial charge in [0.25, 0.3) is 0 Å². The molecule has 0 unspecified atom stereocenters. The summed E-state index contributed by atoms with van der Waals surface area (Å²) in [7, 11) is 0. The van der Waals surface area contributed by atoms with Crippen molar-refractivity contribution in [2.24, 2.45) is 0 Å². The van der Waals surface area contributed by atoms with Gasteiger partial charge in [-0.3, -0.25) is 0 Å². The lowest BCUT2D eigenvalue weighted by atomic mass is 9.66. The van der Waals surface area contributed by atoms with E-state index in [0.29, 0.717) is 5.82 Å². The van der Waals surface area contributed by atoms with Crippen LogP contribution in [0.15, 0.2) is 279 Å². The molecule has 1 aromatic heterocycles. The van der Waals surface area contributed by atoms with Gasteiger partial charge in [0.2, 0.25) is 0 Å². The highest BCUT2D eigenvalue weighted by Gasteiger charge is 2.50. The Morgan fingerprint density at radius 2 is 0.507 bits per heavy atom. The predicted molar refractivity (Wildman–Crippen MR) is 302 cm³/mol. The molecule has 0 N–H and O–H groups in total. The first-order valence-corrected chi connectivity index (χ1v) is 25.1. The van der Waals surface area contributed by atoms with Crippen molar-refractivity contribution in [1.29, 1.82) is 0 Å². The molecule has 11 aromatic carbocycles. The third-order valence-corrected chi connectivity index (χ3v) is 15.1. The summed E-state index contributed by atoms with van der Waals surface area (Å²) in [6, 6.07) is 102. The summed E-state index contributed by atoms with van der Waals surface area (Å²) in [5.41, 5.74) is 25.5. The van der Waals surface area contributed by atoms with E-state index >= 15 is 0 Å². The molecule has 0 atom stereocenters. The second-order valence-corrected chi connectivity index (χ2v) is 19.2. The van der Waals surface area contributed by atoms with Crippen LogP contribution in [0.2, 0.25) is 0 Å². The fourth-order valence-electron chi connectivity index (χ4n) is 11.9. The van der Waals surface area contributed by atoms with E-state index in [4.69, 9.17) is 9.97 Å². The molecule has 0 fully saturated rings. The summed E-state index contributed by atoms with van der Waals surface area (Å²) < 4.78 is 0. The molecule has 2 heteroatoms. The van der Waals surface area contributed by atoms with Gasteiger partial charge in [0.1, 0.15) is 0 Å². The SMILES string of the molecule is c1ccc(-c2cc(-c3ccccc3)cc(-c3cc(-c4cc(-c5ccccc5)cc(-c5ccccc5)c4)nc(-c4cccc5c4-c4ccccc4C54c5ccccc5-c5ccccc5-c5ccccc54)n3)c2)cc1. The Balaban J connectivity index is 1.07. The zero-order valence-electron chi connectivity index (χ0n) is 40.0. The molecule has 340 valence electrons. The maximum atomic E-state index is 5.74. The highest BCUT2D eigenvalue weighted by molar-refractivity contribution is 6.00. The topological polar surface area (TPSA) is 25.8 Å². The fraction of sp³-hybridized carbons (Fsp3) is 0.0141. The van der Waals surface area contributed by atoms with Crippen LogP contribution in [-0.2, 0) is 5.41 Å². The Hall–Kier alpha value is -9.50. The number of rotatable bonds is 7. The van der Waals surface area contributed by atoms with E-state index < -0.39 is 5.41 Å². The molecule has 0 radical (unpaired) electrons. The lowest BCUT2D eigenvalue weighted by Gasteiger charge is -2.35. The maximum Gasteiger partial charge on any atom is 0.161 e. The van der Waals surface area contributed by atoms with Crippen molar-refractivity contribution >= 4 is 0 Å². The van der Waals surface area contributed by atoms with E-state index in [-0.39, 0.29) is 0 Å². The van der Waals surface area contributed by atoms with Gasteiger partial charge in [-0.15, -0.1) is 0 Å². The molecule has 2 aliphatic rings. The largest absolute Gasteiger partial charge is 0.228 e. The third kappa shape index (κ3) is 7.02. The van der Waals surface area contributed by atoms with Gasteiger partial charge < -0.3 is 0 Å². The van der Waals surface area contributed by atoms with Gasteiger partial charge in [-0.2, -0.15) is 0 Å². The van der Waals surface area contributed by atoms with E-state index in [0.717, 1.165) is 78.1 Å². The van der Waals surface area contributed by atoms with Crippen LogP contribution in [-0.4, -0.2) is 9.97 Å². The van der Waals surface area contributed by atoms with Crippen LogP contribution in [0, 0.1) is 0 Å². The molecule has 2 aliphatic carbocycles. The molecule has 0 saturated heterocycles. The number of hydrogen-bond donors (Lipinski definition) is 0. The summed E-state index contributed by atoms with van der Waals surface area (Å²) in [5, 5.41) is 0. The zero-order chi connectivity index (χ0) is 48.3. The summed E-state index contributed by atoms with van der Waals surface area (Å²) in [5.74, 6) is 0.674. The van der Waals surface area contributed by atoms with Crippen molar-refractivity contribution in [3.8, 4) is 112 Å². The first-order valence-electron chi connectivity index (χ1n) is 25.1. The van der Waals surface area contributed by atoms with Crippen molar-refractivity contribution in [3.05, 3.63) is 301 Å².